The van der Waals surface area contributed by atoms with Crippen molar-refractivity contribution < 1.29 is 44.3 Å². The minimum absolute atomic E-state index is 0.0854. The number of aliphatic hydroxyl groups excluding tert-OH is 2. The lowest BCUT2D eigenvalue weighted by Gasteiger charge is -2.43. The van der Waals surface area contributed by atoms with E-state index in [0.717, 1.165) is 25.7 Å². The van der Waals surface area contributed by atoms with Crippen molar-refractivity contribution in [3.63, 3.8) is 0 Å². The molecule has 9 heteroatoms. The highest BCUT2D eigenvalue weighted by Crippen LogP contribution is 2.45. The van der Waals surface area contributed by atoms with Crippen molar-refractivity contribution in [2.45, 2.75) is 110 Å². The van der Waals surface area contributed by atoms with E-state index in [2.05, 4.69) is 32.1 Å². The average molecular weight is 553 g/mol. The lowest BCUT2D eigenvalue weighted by atomic mass is 9.65. The van der Waals surface area contributed by atoms with Crippen LogP contribution in [-0.2, 0) is 23.9 Å². The second-order valence-electron chi connectivity index (χ2n) is 11.9. The third kappa shape index (κ3) is 10.4. The van der Waals surface area contributed by atoms with Crippen molar-refractivity contribution in [2.24, 2.45) is 29.6 Å². The van der Waals surface area contributed by atoms with Crippen LogP contribution in [-0.4, -0.2) is 68.9 Å². The van der Waals surface area contributed by atoms with E-state index in [1.54, 1.807) is 0 Å². The maximum atomic E-state index is 12.5. The fraction of sp³-hybridized carbons (Fsp3) is 0.767. The molecule has 4 N–H and O–H groups in total. The molecule has 0 spiro atoms. The summed E-state index contributed by atoms with van der Waals surface area (Å²) in [6, 6.07) is 0. The zero-order valence-electron chi connectivity index (χ0n) is 24.0. The Morgan fingerprint density at radius 2 is 1.92 bits per heavy atom. The molecular formula is C30H48O9. The fourth-order valence-electron chi connectivity index (χ4n) is 5.72. The Morgan fingerprint density at radius 1 is 1.23 bits per heavy atom. The lowest BCUT2D eigenvalue weighted by molar-refractivity contribution is -0.162. The molecule has 222 valence electrons. The number of aliphatic carboxylic acids is 1. The molecule has 0 saturated carbocycles. The second kappa shape index (κ2) is 15.0. The van der Waals surface area contributed by atoms with Gasteiger partial charge in [-0.05, 0) is 62.4 Å². The number of cyclic esters (lactones) is 1. The van der Waals surface area contributed by atoms with Crippen LogP contribution in [0, 0.1) is 29.6 Å². The van der Waals surface area contributed by atoms with Gasteiger partial charge in [0.2, 0.25) is 0 Å². The molecule has 3 aliphatic rings. The summed E-state index contributed by atoms with van der Waals surface area (Å²) in [6.45, 7) is 9.52. The summed E-state index contributed by atoms with van der Waals surface area (Å²) in [5, 5.41) is 35.6. The predicted molar refractivity (Wildman–Crippen MR) is 145 cm³/mol. The zero-order chi connectivity index (χ0) is 29.3. The smallest absolute Gasteiger partial charge is 0.308 e. The molecule has 0 unspecified atom stereocenters. The monoisotopic (exact) mass is 552 g/mol. The van der Waals surface area contributed by atoms with Crippen molar-refractivity contribution in [2.75, 3.05) is 6.61 Å². The van der Waals surface area contributed by atoms with Gasteiger partial charge in [-0.15, -0.1) is 0 Å². The maximum absolute atomic E-state index is 12.5. The number of carbonyl (C=O) groups excluding carboxylic acids is 2. The molecule has 0 aromatic heterocycles. The van der Waals surface area contributed by atoms with Crippen LogP contribution >= 0.6 is 0 Å². The summed E-state index contributed by atoms with van der Waals surface area (Å²) < 4.78 is 11.5. The number of allylic oxidation sites excluding steroid dienone is 3. The Labute approximate surface area is 232 Å². The van der Waals surface area contributed by atoms with Crippen LogP contribution in [0.2, 0.25) is 0 Å². The van der Waals surface area contributed by atoms with Crippen LogP contribution in [0.1, 0.15) is 86.0 Å². The van der Waals surface area contributed by atoms with Gasteiger partial charge in [-0.2, -0.15) is 0 Å². The number of hydrogen-bond acceptors (Lipinski definition) is 8. The van der Waals surface area contributed by atoms with Gasteiger partial charge in [-0.1, -0.05) is 45.9 Å². The van der Waals surface area contributed by atoms with E-state index >= 15 is 0 Å². The molecule has 1 heterocycles. The molecule has 1 aliphatic heterocycles. The van der Waals surface area contributed by atoms with Crippen LogP contribution in [0.4, 0.5) is 0 Å². The summed E-state index contributed by atoms with van der Waals surface area (Å²) in [7, 11) is 0. The van der Waals surface area contributed by atoms with Gasteiger partial charge in [0.05, 0.1) is 30.5 Å². The molecule has 0 aromatic rings. The van der Waals surface area contributed by atoms with Crippen LogP contribution in [0.25, 0.3) is 0 Å². The third-order valence-corrected chi connectivity index (χ3v) is 8.12. The van der Waals surface area contributed by atoms with Crippen molar-refractivity contribution in [1.82, 2.24) is 0 Å². The molecular weight excluding hydrogens is 504 g/mol. The van der Waals surface area contributed by atoms with Gasteiger partial charge >= 0.3 is 17.9 Å². The van der Waals surface area contributed by atoms with Gasteiger partial charge in [-0.25, -0.2) is 0 Å². The summed E-state index contributed by atoms with van der Waals surface area (Å²) in [5.41, 5.74) is -0.00454. The minimum Gasteiger partial charge on any atom is -0.481 e. The predicted octanol–water partition coefficient (Wildman–Crippen LogP) is 3.79. The molecule has 3 rings (SSSR count). The molecule has 9 nitrogen and oxygen atoms in total. The first kappa shape index (κ1) is 33.0. The van der Waals surface area contributed by atoms with Gasteiger partial charge in [0, 0.05) is 18.9 Å². The Balaban J connectivity index is 0.000000455. The lowest BCUT2D eigenvalue weighted by Crippen LogP contribution is -2.42. The van der Waals surface area contributed by atoms with Crippen LogP contribution in [0.5, 0.6) is 0 Å². The van der Waals surface area contributed by atoms with Gasteiger partial charge in [0.25, 0.3) is 0 Å². The van der Waals surface area contributed by atoms with Crippen molar-refractivity contribution >= 4 is 17.9 Å². The normalized spacial score (nSPS) is 32.4. The van der Waals surface area contributed by atoms with Crippen LogP contribution in [0.15, 0.2) is 23.8 Å². The van der Waals surface area contributed by atoms with Crippen molar-refractivity contribution in [1.29, 1.82) is 0 Å². The number of rotatable bonds is 10. The summed E-state index contributed by atoms with van der Waals surface area (Å²) >= 11 is 0. The Hall–Kier alpha value is -2.23. The Kier molecular flexibility index (Phi) is 12.6. The molecule has 0 aromatic carbocycles. The molecule has 0 bridgehead atoms. The van der Waals surface area contributed by atoms with Gasteiger partial charge in [-0.3, -0.25) is 14.4 Å². The standard InChI is InChI=1S/C24H36O5.C6H12O4/c1-5-15(3)24(27)29-21-11-14(2)10-17-7-6-16(4)20(23(17)21)9-8-19-12-18(25)13-22(26)28-19;1-6(10,2-3-7)4-5(8)9/h6-7,10,14-16,18-21,23,25H,5,8-9,11-13H2,1-4H3;7,10H,2-4H2,1H3,(H,8,9)/t14-,15-,16-,18+,19+,20-,21-,23-;6-/m00/s1. The maximum Gasteiger partial charge on any atom is 0.308 e. The molecule has 1 saturated heterocycles. The average Bonchev–Trinajstić information content (AvgIpc) is 2.81. The number of esters is 2. The van der Waals surface area contributed by atoms with E-state index in [1.807, 2.05) is 13.8 Å². The summed E-state index contributed by atoms with van der Waals surface area (Å²) in [5.74, 6) is -0.302. The number of carbonyl (C=O) groups is 3. The third-order valence-electron chi connectivity index (χ3n) is 8.12. The fourth-order valence-corrected chi connectivity index (χ4v) is 5.72. The van der Waals surface area contributed by atoms with E-state index in [4.69, 9.17) is 24.8 Å². The van der Waals surface area contributed by atoms with Crippen molar-refractivity contribution in [3.05, 3.63) is 23.8 Å². The first-order valence-corrected chi connectivity index (χ1v) is 14.3. The quantitative estimate of drug-likeness (QED) is 0.297. The van der Waals surface area contributed by atoms with Crippen LogP contribution < -0.4 is 0 Å². The molecule has 0 amide bonds. The summed E-state index contributed by atoms with van der Waals surface area (Å²) in [4.78, 5) is 34.3. The number of fused-ring (bicyclic) bond motifs is 1. The summed E-state index contributed by atoms with van der Waals surface area (Å²) in [6.07, 6.45) is 9.47. The highest BCUT2D eigenvalue weighted by Gasteiger charge is 2.42. The topological polar surface area (TPSA) is 151 Å². The number of hydrogen-bond donors (Lipinski definition) is 4. The molecule has 2 aliphatic carbocycles. The molecule has 0 radical (unpaired) electrons. The highest BCUT2D eigenvalue weighted by molar-refractivity contribution is 5.72. The van der Waals surface area contributed by atoms with Crippen LogP contribution in [0.3, 0.4) is 0 Å². The first-order chi connectivity index (χ1) is 18.3. The Bertz CT molecular complexity index is 893. The molecule has 39 heavy (non-hydrogen) atoms. The number of carboxylic acids is 1. The van der Waals surface area contributed by atoms with E-state index in [-0.39, 0.29) is 61.9 Å². The van der Waals surface area contributed by atoms with E-state index in [9.17, 15) is 19.5 Å². The molecule has 9 atom stereocenters. The van der Waals surface area contributed by atoms with Gasteiger partial charge in [0.15, 0.2) is 0 Å². The van der Waals surface area contributed by atoms with E-state index in [1.165, 1.54) is 12.5 Å². The largest absolute Gasteiger partial charge is 0.481 e. The second-order valence-corrected chi connectivity index (χ2v) is 11.9. The van der Waals surface area contributed by atoms with Gasteiger partial charge in [0.1, 0.15) is 12.2 Å². The number of ether oxygens (including phenoxy) is 2. The molecule has 1 fully saturated rings. The minimum atomic E-state index is -1.28. The van der Waals surface area contributed by atoms with Gasteiger partial charge < -0.3 is 29.9 Å². The Morgan fingerprint density at radius 3 is 2.51 bits per heavy atom. The highest BCUT2D eigenvalue weighted by atomic mass is 16.6. The first-order valence-electron chi connectivity index (χ1n) is 14.3. The van der Waals surface area contributed by atoms with E-state index < -0.39 is 17.7 Å². The number of aliphatic hydroxyl groups is 3. The van der Waals surface area contributed by atoms with Crippen molar-refractivity contribution in [3.8, 4) is 0 Å². The number of carboxylic acid groups (broad SMARTS) is 1. The zero-order valence-corrected chi connectivity index (χ0v) is 24.0. The SMILES string of the molecule is CC[C@H](C)C(=O)O[C@H]1C[C@@H](C)C=C2C=C[C@H](C)[C@H](CC[C@@H]3C[C@@H](O)CC(=O)O3)[C@H]21.C[C@](O)(CCO)CC(=O)O. The van der Waals surface area contributed by atoms with E-state index in [0.29, 0.717) is 24.2 Å².